The van der Waals surface area contributed by atoms with E-state index in [1.54, 1.807) is 11.1 Å². The Morgan fingerprint density at radius 1 is 1.25 bits per heavy atom. The number of alkyl halides is 1. The lowest BCUT2D eigenvalue weighted by atomic mass is 9.79. The molecule has 90 valence electrons. The van der Waals surface area contributed by atoms with Crippen molar-refractivity contribution in [1.29, 1.82) is 0 Å². The van der Waals surface area contributed by atoms with Crippen molar-refractivity contribution in [3.63, 3.8) is 0 Å². The van der Waals surface area contributed by atoms with Gasteiger partial charge in [-0.2, -0.15) is 0 Å². The Hall–Kier alpha value is -0.230. The normalized spacial score (nSPS) is 21.5. The summed E-state index contributed by atoms with van der Waals surface area (Å²) in [6.45, 7) is 2.29. The van der Waals surface area contributed by atoms with Crippen molar-refractivity contribution >= 4 is 11.6 Å². The van der Waals surface area contributed by atoms with E-state index >= 15 is 0 Å². The van der Waals surface area contributed by atoms with Crippen LogP contribution < -0.4 is 0 Å². The minimum absolute atomic E-state index is 0.577. The van der Waals surface area contributed by atoms with Gasteiger partial charge < -0.3 is 0 Å². The molecule has 1 spiro atoms. The molecule has 0 aliphatic heterocycles. The third-order valence-corrected chi connectivity index (χ3v) is 4.35. The van der Waals surface area contributed by atoms with E-state index in [9.17, 15) is 0 Å². The summed E-state index contributed by atoms with van der Waals surface area (Å²) in [5, 5.41) is 0. The predicted molar refractivity (Wildman–Crippen MR) is 71.9 cm³/mol. The molecule has 2 rings (SSSR count). The Morgan fingerprint density at radius 2 is 1.94 bits per heavy atom. The fraction of sp³-hybridized carbons (Fsp3) is 0.733. The molecule has 0 amide bonds. The largest absolute Gasteiger partial charge is 0.127 e. The Labute approximate surface area is 105 Å². The third kappa shape index (κ3) is 2.91. The lowest BCUT2D eigenvalue weighted by Gasteiger charge is -2.26. The molecule has 1 fully saturated rings. The van der Waals surface area contributed by atoms with Gasteiger partial charge in [0, 0.05) is 11.3 Å². The zero-order valence-electron chi connectivity index (χ0n) is 10.4. The summed E-state index contributed by atoms with van der Waals surface area (Å²) in [6, 6.07) is 0. The lowest BCUT2D eigenvalue weighted by Crippen LogP contribution is -2.11. The molecule has 0 aromatic carbocycles. The van der Waals surface area contributed by atoms with Gasteiger partial charge in [-0.15, -0.1) is 11.6 Å². The highest BCUT2D eigenvalue weighted by atomic mass is 35.5. The van der Waals surface area contributed by atoms with Gasteiger partial charge in [0.05, 0.1) is 0 Å². The molecule has 0 heterocycles. The van der Waals surface area contributed by atoms with Crippen molar-refractivity contribution in [2.75, 3.05) is 5.88 Å². The molecule has 0 saturated heterocycles. The second-order valence-electron chi connectivity index (χ2n) is 5.32. The van der Waals surface area contributed by atoms with Crippen molar-refractivity contribution < 1.29 is 0 Å². The lowest BCUT2D eigenvalue weighted by molar-refractivity contribution is 0.424. The van der Waals surface area contributed by atoms with Gasteiger partial charge in [-0.05, 0) is 44.9 Å². The maximum atomic E-state index is 5.81. The second kappa shape index (κ2) is 5.40. The van der Waals surface area contributed by atoms with Crippen LogP contribution in [0.15, 0.2) is 23.3 Å². The van der Waals surface area contributed by atoms with Gasteiger partial charge in [0.1, 0.15) is 0 Å². The van der Waals surface area contributed by atoms with E-state index in [0.717, 1.165) is 12.3 Å². The minimum atomic E-state index is 0.577. The fourth-order valence-corrected chi connectivity index (χ4v) is 3.02. The molecule has 2 aliphatic carbocycles. The van der Waals surface area contributed by atoms with Gasteiger partial charge in [-0.1, -0.05) is 36.6 Å². The Balaban J connectivity index is 1.93. The SMILES string of the molecule is CCCC(CCCCl)=C1CCC2(C=C2)CC1. The first kappa shape index (κ1) is 12.2. The van der Waals surface area contributed by atoms with Gasteiger partial charge in [0.15, 0.2) is 0 Å². The van der Waals surface area contributed by atoms with Crippen LogP contribution in [0.4, 0.5) is 0 Å². The molecule has 0 aromatic rings. The van der Waals surface area contributed by atoms with Gasteiger partial charge in [0.2, 0.25) is 0 Å². The molecule has 0 nitrogen and oxygen atoms in total. The maximum absolute atomic E-state index is 5.81. The molecule has 0 N–H and O–H groups in total. The van der Waals surface area contributed by atoms with E-state index in [1.807, 2.05) is 0 Å². The highest BCUT2D eigenvalue weighted by molar-refractivity contribution is 6.17. The molecule has 16 heavy (non-hydrogen) atoms. The van der Waals surface area contributed by atoms with Crippen molar-refractivity contribution in [3.05, 3.63) is 23.3 Å². The highest BCUT2D eigenvalue weighted by Crippen LogP contribution is 2.50. The van der Waals surface area contributed by atoms with E-state index in [-0.39, 0.29) is 0 Å². The molecule has 0 unspecified atom stereocenters. The molecule has 1 heteroatoms. The van der Waals surface area contributed by atoms with Crippen LogP contribution in [0, 0.1) is 5.41 Å². The Kier molecular flexibility index (Phi) is 4.13. The van der Waals surface area contributed by atoms with Crippen LogP contribution in [-0.2, 0) is 0 Å². The highest BCUT2D eigenvalue weighted by Gasteiger charge is 2.36. The summed E-state index contributed by atoms with van der Waals surface area (Å²) in [6.07, 6.45) is 15.2. The quantitative estimate of drug-likeness (QED) is 0.454. The first-order chi connectivity index (χ1) is 7.79. The van der Waals surface area contributed by atoms with Crippen LogP contribution in [0.1, 0.15) is 58.3 Å². The molecule has 0 radical (unpaired) electrons. The Morgan fingerprint density at radius 3 is 2.44 bits per heavy atom. The number of hydrogen-bond acceptors (Lipinski definition) is 0. The van der Waals surface area contributed by atoms with Crippen molar-refractivity contribution in [2.45, 2.75) is 58.3 Å². The van der Waals surface area contributed by atoms with Crippen LogP contribution >= 0.6 is 11.6 Å². The summed E-state index contributed by atoms with van der Waals surface area (Å²) in [5.41, 5.74) is 4.08. The van der Waals surface area contributed by atoms with Crippen LogP contribution in [0.3, 0.4) is 0 Å². The number of allylic oxidation sites excluding steroid dienone is 4. The predicted octanol–water partition coefficient (Wildman–Crippen LogP) is 5.23. The monoisotopic (exact) mass is 238 g/mol. The molecule has 2 aliphatic rings. The Bertz CT molecular complexity index is 281. The van der Waals surface area contributed by atoms with Crippen molar-refractivity contribution in [2.24, 2.45) is 5.41 Å². The number of rotatable bonds is 5. The number of halogens is 1. The zero-order chi connectivity index (χ0) is 11.4. The summed E-state index contributed by atoms with van der Waals surface area (Å²) in [5.74, 6) is 0.811. The smallest absolute Gasteiger partial charge is 0.0226 e. The second-order valence-corrected chi connectivity index (χ2v) is 5.69. The van der Waals surface area contributed by atoms with Crippen molar-refractivity contribution in [3.8, 4) is 0 Å². The van der Waals surface area contributed by atoms with Crippen molar-refractivity contribution in [1.82, 2.24) is 0 Å². The average molecular weight is 239 g/mol. The summed E-state index contributed by atoms with van der Waals surface area (Å²) < 4.78 is 0. The molecule has 1 saturated carbocycles. The summed E-state index contributed by atoms with van der Waals surface area (Å²) in [7, 11) is 0. The molecular weight excluding hydrogens is 216 g/mol. The van der Waals surface area contributed by atoms with Gasteiger partial charge in [-0.25, -0.2) is 0 Å². The van der Waals surface area contributed by atoms with Crippen LogP contribution in [-0.4, -0.2) is 5.88 Å². The van der Waals surface area contributed by atoms with E-state index in [2.05, 4.69) is 19.1 Å². The third-order valence-electron chi connectivity index (χ3n) is 4.09. The molecule has 0 atom stereocenters. The van der Waals surface area contributed by atoms with Crippen LogP contribution in [0.2, 0.25) is 0 Å². The van der Waals surface area contributed by atoms with E-state index in [0.29, 0.717) is 5.41 Å². The standard InChI is InChI=1S/C15H23Cl/c1-2-4-13(5-3-12-16)14-6-8-15(9-7-14)10-11-15/h10-11H,2-9,12H2,1H3. The van der Waals surface area contributed by atoms with Crippen LogP contribution in [0.5, 0.6) is 0 Å². The van der Waals surface area contributed by atoms with Gasteiger partial charge >= 0.3 is 0 Å². The van der Waals surface area contributed by atoms with Crippen LogP contribution in [0.25, 0.3) is 0 Å². The topological polar surface area (TPSA) is 0 Å². The average Bonchev–Trinajstić information content (AvgIpc) is 3.06. The summed E-state index contributed by atoms with van der Waals surface area (Å²) in [4.78, 5) is 0. The maximum Gasteiger partial charge on any atom is 0.0226 e. The van der Waals surface area contributed by atoms with Gasteiger partial charge in [0.25, 0.3) is 0 Å². The minimum Gasteiger partial charge on any atom is -0.127 e. The summed E-state index contributed by atoms with van der Waals surface area (Å²) >= 11 is 5.81. The van der Waals surface area contributed by atoms with E-state index in [1.165, 1.54) is 44.9 Å². The first-order valence-electron chi connectivity index (χ1n) is 6.76. The molecule has 0 aromatic heterocycles. The molecule has 0 bridgehead atoms. The first-order valence-corrected chi connectivity index (χ1v) is 7.29. The zero-order valence-corrected chi connectivity index (χ0v) is 11.2. The fourth-order valence-electron chi connectivity index (χ4n) is 2.88. The van der Waals surface area contributed by atoms with E-state index < -0.39 is 0 Å². The van der Waals surface area contributed by atoms with Gasteiger partial charge in [-0.3, -0.25) is 0 Å². The van der Waals surface area contributed by atoms with E-state index in [4.69, 9.17) is 11.6 Å². The number of hydrogen-bond donors (Lipinski definition) is 0. The molecular formula is C15H23Cl.